The van der Waals surface area contributed by atoms with Crippen LogP contribution >= 0.6 is 11.6 Å². The number of aromatic hydroxyl groups is 2. The summed E-state index contributed by atoms with van der Waals surface area (Å²) in [4.78, 5) is 12.1. The zero-order valence-corrected chi connectivity index (χ0v) is 10.1. The molecule has 0 saturated heterocycles. The Morgan fingerprint density at radius 1 is 0.889 bits per heavy atom. The van der Waals surface area contributed by atoms with Gasteiger partial charge in [-0.1, -0.05) is 12.1 Å². The molecule has 0 radical (unpaired) electrons. The monoisotopic (exact) mass is 262 g/mol. The molecule has 0 fully saturated rings. The van der Waals surface area contributed by atoms with E-state index in [2.05, 4.69) is 0 Å². The first-order valence-electron chi connectivity index (χ1n) is 5.34. The number of hydrogen-bond acceptors (Lipinski definition) is 3. The Bertz CT molecular complexity index is 546. The minimum atomic E-state index is -0.810. The van der Waals surface area contributed by atoms with Gasteiger partial charge in [0.1, 0.15) is 16.9 Å². The molecule has 2 rings (SSSR count). The predicted molar refractivity (Wildman–Crippen MR) is 69.1 cm³/mol. The largest absolute Gasteiger partial charge is 0.508 e. The molecule has 1 atom stereocenters. The van der Waals surface area contributed by atoms with Crippen LogP contribution in [0.5, 0.6) is 11.5 Å². The van der Waals surface area contributed by atoms with Gasteiger partial charge in [0.2, 0.25) is 0 Å². The highest BCUT2D eigenvalue weighted by Crippen LogP contribution is 2.27. The molecule has 92 valence electrons. The first-order valence-corrected chi connectivity index (χ1v) is 5.78. The summed E-state index contributed by atoms with van der Waals surface area (Å²) in [7, 11) is 0. The average molecular weight is 263 g/mol. The number of carbonyl (C=O) groups excluding carboxylic acids is 1. The van der Waals surface area contributed by atoms with E-state index in [1.807, 2.05) is 0 Å². The highest BCUT2D eigenvalue weighted by Gasteiger charge is 2.19. The number of carbonyl (C=O) groups is 1. The molecule has 0 aromatic heterocycles. The third-order valence-corrected chi connectivity index (χ3v) is 3.02. The molecule has 0 spiro atoms. The number of hydrogen-bond donors (Lipinski definition) is 2. The second-order valence-corrected chi connectivity index (χ2v) is 4.30. The number of rotatable bonds is 3. The van der Waals surface area contributed by atoms with E-state index in [9.17, 15) is 4.79 Å². The Morgan fingerprint density at radius 3 is 1.83 bits per heavy atom. The van der Waals surface area contributed by atoms with Crippen LogP contribution < -0.4 is 0 Å². The molecule has 0 amide bonds. The number of alkyl halides is 1. The fourth-order valence-corrected chi connectivity index (χ4v) is 1.84. The molecular formula is C14H11ClO3. The van der Waals surface area contributed by atoms with E-state index in [1.54, 1.807) is 12.1 Å². The molecule has 3 nitrogen and oxygen atoms in total. The minimum absolute atomic E-state index is 0.0994. The summed E-state index contributed by atoms with van der Waals surface area (Å²) in [6.45, 7) is 0. The SMILES string of the molecule is O=C(c1ccc(O)cc1)C(Cl)c1ccc(O)cc1. The van der Waals surface area contributed by atoms with Crippen LogP contribution in [0.1, 0.15) is 21.3 Å². The fraction of sp³-hybridized carbons (Fsp3) is 0.0714. The predicted octanol–water partition coefficient (Wildman–Crippen LogP) is 3.26. The smallest absolute Gasteiger partial charge is 0.185 e. The Labute approximate surface area is 109 Å². The molecule has 0 aliphatic heterocycles. The molecule has 0 saturated carbocycles. The molecule has 1 unspecified atom stereocenters. The van der Waals surface area contributed by atoms with E-state index in [-0.39, 0.29) is 17.3 Å². The van der Waals surface area contributed by atoms with Gasteiger partial charge in [-0.15, -0.1) is 11.6 Å². The van der Waals surface area contributed by atoms with Crippen LogP contribution in [0.25, 0.3) is 0 Å². The number of Topliss-reactive ketones (excluding diaryl/α,β-unsaturated/α-hetero) is 1. The summed E-state index contributed by atoms with van der Waals surface area (Å²) in [5, 5.41) is 17.5. The van der Waals surface area contributed by atoms with Gasteiger partial charge in [0.15, 0.2) is 5.78 Å². The molecule has 18 heavy (non-hydrogen) atoms. The van der Waals surface area contributed by atoms with Crippen LogP contribution in [-0.4, -0.2) is 16.0 Å². The number of phenolic OH excluding ortho intramolecular Hbond substituents is 2. The summed E-state index contributed by atoms with van der Waals surface area (Å²) in [5.74, 6) is -0.0237. The lowest BCUT2D eigenvalue weighted by Gasteiger charge is -2.09. The molecule has 2 N–H and O–H groups in total. The van der Waals surface area contributed by atoms with E-state index >= 15 is 0 Å². The first-order chi connectivity index (χ1) is 8.58. The molecule has 2 aromatic rings. The Balaban J connectivity index is 2.23. The van der Waals surface area contributed by atoms with Gasteiger partial charge >= 0.3 is 0 Å². The van der Waals surface area contributed by atoms with Gasteiger partial charge in [-0.25, -0.2) is 0 Å². The molecule has 0 aliphatic rings. The van der Waals surface area contributed by atoms with Crippen LogP contribution in [0, 0.1) is 0 Å². The number of benzene rings is 2. The standard InChI is InChI=1S/C14H11ClO3/c15-13(9-1-5-11(16)6-2-9)14(18)10-3-7-12(17)8-4-10/h1-8,13,16-17H. The summed E-state index contributed by atoms with van der Waals surface area (Å²) in [5.41, 5.74) is 1.05. The van der Waals surface area contributed by atoms with Gasteiger partial charge in [-0.3, -0.25) is 4.79 Å². The molecule has 4 heteroatoms. The van der Waals surface area contributed by atoms with Gasteiger partial charge in [0.25, 0.3) is 0 Å². The van der Waals surface area contributed by atoms with Gasteiger partial charge in [-0.2, -0.15) is 0 Å². The van der Waals surface area contributed by atoms with Crippen molar-refractivity contribution in [2.45, 2.75) is 5.38 Å². The minimum Gasteiger partial charge on any atom is -0.508 e. The molecule has 0 aliphatic carbocycles. The number of ketones is 1. The summed E-state index contributed by atoms with van der Waals surface area (Å²) in [6.07, 6.45) is 0. The molecule has 2 aromatic carbocycles. The Hall–Kier alpha value is -2.00. The quantitative estimate of drug-likeness (QED) is 0.659. The molecular weight excluding hydrogens is 252 g/mol. The zero-order valence-electron chi connectivity index (χ0n) is 9.38. The van der Waals surface area contributed by atoms with E-state index in [4.69, 9.17) is 21.8 Å². The van der Waals surface area contributed by atoms with Gasteiger partial charge < -0.3 is 10.2 Å². The van der Waals surface area contributed by atoms with Crippen LogP contribution in [0.3, 0.4) is 0 Å². The van der Waals surface area contributed by atoms with Crippen molar-refractivity contribution in [1.82, 2.24) is 0 Å². The van der Waals surface area contributed by atoms with Crippen molar-refractivity contribution in [1.29, 1.82) is 0 Å². The summed E-state index contributed by atoms with van der Waals surface area (Å²) < 4.78 is 0. The lowest BCUT2D eigenvalue weighted by molar-refractivity contribution is 0.0987. The topological polar surface area (TPSA) is 57.5 Å². The van der Waals surface area contributed by atoms with E-state index in [0.717, 1.165) is 0 Å². The number of halogens is 1. The lowest BCUT2D eigenvalue weighted by Crippen LogP contribution is -2.07. The highest BCUT2D eigenvalue weighted by atomic mass is 35.5. The van der Waals surface area contributed by atoms with Crippen molar-refractivity contribution in [2.75, 3.05) is 0 Å². The van der Waals surface area contributed by atoms with Crippen LogP contribution in [0.15, 0.2) is 48.5 Å². The molecule has 0 heterocycles. The molecule has 0 bridgehead atoms. The van der Waals surface area contributed by atoms with Crippen LogP contribution in [0.4, 0.5) is 0 Å². The van der Waals surface area contributed by atoms with Crippen LogP contribution in [-0.2, 0) is 0 Å². The second kappa shape index (κ2) is 5.10. The van der Waals surface area contributed by atoms with Crippen molar-refractivity contribution >= 4 is 17.4 Å². The van der Waals surface area contributed by atoms with Crippen molar-refractivity contribution in [2.24, 2.45) is 0 Å². The van der Waals surface area contributed by atoms with Gasteiger partial charge in [0.05, 0.1) is 0 Å². The van der Waals surface area contributed by atoms with E-state index in [1.165, 1.54) is 36.4 Å². The maximum atomic E-state index is 12.1. The lowest BCUT2D eigenvalue weighted by atomic mass is 10.0. The Kier molecular flexibility index (Phi) is 3.53. The summed E-state index contributed by atoms with van der Waals surface area (Å²) >= 11 is 6.09. The third kappa shape index (κ3) is 2.63. The third-order valence-electron chi connectivity index (χ3n) is 2.57. The maximum Gasteiger partial charge on any atom is 0.185 e. The highest BCUT2D eigenvalue weighted by molar-refractivity contribution is 6.33. The van der Waals surface area contributed by atoms with Crippen LogP contribution in [0.2, 0.25) is 0 Å². The fourth-order valence-electron chi connectivity index (χ4n) is 1.57. The van der Waals surface area contributed by atoms with E-state index < -0.39 is 5.38 Å². The van der Waals surface area contributed by atoms with Crippen molar-refractivity contribution in [3.63, 3.8) is 0 Å². The first kappa shape index (κ1) is 12.5. The van der Waals surface area contributed by atoms with E-state index in [0.29, 0.717) is 11.1 Å². The van der Waals surface area contributed by atoms with Crippen molar-refractivity contribution < 1.29 is 15.0 Å². The number of phenols is 2. The van der Waals surface area contributed by atoms with Gasteiger partial charge in [-0.05, 0) is 42.0 Å². The zero-order chi connectivity index (χ0) is 13.1. The van der Waals surface area contributed by atoms with Crippen molar-refractivity contribution in [3.05, 3.63) is 59.7 Å². The van der Waals surface area contributed by atoms with Crippen molar-refractivity contribution in [3.8, 4) is 11.5 Å². The second-order valence-electron chi connectivity index (χ2n) is 3.87. The normalized spacial score (nSPS) is 12.1. The maximum absolute atomic E-state index is 12.1. The summed E-state index contributed by atoms with van der Waals surface area (Å²) in [6, 6.07) is 12.1. The average Bonchev–Trinajstić information content (AvgIpc) is 2.39. The van der Waals surface area contributed by atoms with Gasteiger partial charge in [0, 0.05) is 5.56 Å². The Morgan fingerprint density at radius 2 is 1.33 bits per heavy atom.